The van der Waals surface area contributed by atoms with Crippen molar-refractivity contribution in [3.63, 3.8) is 0 Å². The predicted molar refractivity (Wildman–Crippen MR) is 107 cm³/mol. The molecule has 0 bridgehead atoms. The second-order valence-electron chi connectivity index (χ2n) is 6.28. The highest BCUT2D eigenvalue weighted by molar-refractivity contribution is 6.26. The van der Waals surface area contributed by atoms with E-state index in [1.165, 1.54) is 0 Å². The van der Waals surface area contributed by atoms with Gasteiger partial charge in [-0.25, -0.2) is 0 Å². The number of nitrogens with one attached hydrogen (secondary N) is 1. The number of aliphatic hydroxyl groups excluding tert-OH is 1. The van der Waals surface area contributed by atoms with Crippen molar-refractivity contribution in [3.05, 3.63) is 64.1 Å². The highest BCUT2D eigenvalue weighted by atomic mass is 35.5. The number of benzene rings is 1. The van der Waals surface area contributed by atoms with E-state index in [9.17, 15) is 9.59 Å². The summed E-state index contributed by atoms with van der Waals surface area (Å²) >= 11 is 0. The molecular weight excluding hydrogens is 366 g/mol. The van der Waals surface area contributed by atoms with Crippen molar-refractivity contribution in [1.29, 1.82) is 0 Å². The molecule has 3 aromatic rings. The largest absolute Gasteiger partial charge is 0.395 e. The minimum Gasteiger partial charge on any atom is -0.395 e. The lowest BCUT2D eigenvalue weighted by atomic mass is 10.0. The van der Waals surface area contributed by atoms with E-state index in [-0.39, 0.29) is 30.4 Å². The van der Waals surface area contributed by atoms with Crippen molar-refractivity contribution in [1.82, 2.24) is 14.9 Å². The Kier molecular flexibility index (Phi) is 5.70. The van der Waals surface area contributed by atoms with Crippen LogP contribution in [0.1, 0.15) is 22.3 Å². The molecule has 0 spiro atoms. The molecule has 0 fully saturated rings. The van der Waals surface area contributed by atoms with Gasteiger partial charge in [-0.1, -0.05) is 18.2 Å². The molecule has 4 rings (SSSR count). The van der Waals surface area contributed by atoms with Crippen LogP contribution in [-0.2, 0) is 6.54 Å². The van der Waals surface area contributed by atoms with Gasteiger partial charge in [0.05, 0.1) is 29.1 Å². The van der Waals surface area contributed by atoms with E-state index >= 15 is 0 Å². The Morgan fingerprint density at radius 1 is 1.04 bits per heavy atom. The summed E-state index contributed by atoms with van der Waals surface area (Å²) in [6.45, 7) is 1.76. The fourth-order valence-corrected chi connectivity index (χ4v) is 3.56. The van der Waals surface area contributed by atoms with E-state index in [1.807, 2.05) is 18.2 Å². The topological polar surface area (TPSA) is 84.2 Å². The lowest BCUT2D eigenvalue weighted by molar-refractivity contribution is 0.104. The molecule has 0 atom stereocenters. The molecule has 0 unspecified atom stereocenters. The monoisotopic (exact) mass is 385 g/mol. The van der Waals surface area contributed by atoms with E-state index in [2.05, 4.69) is 10.3 Å². The molecule has 0 aliphatic heterocycles. The smallest absolute Gasteiger partial charge is 0.258 e. The highest BCUT2D eigenvalue weighted by Crippen LogP contribution is 2.37. The summed E-state index contributed by atoms with van der Waals surface area (Å²) in [6.07, 6.45) is 2.36. The van der Waals surface area contributed by atoms with Gasteiger partial charge >= 0.3 is 0 Å². The minimum atomic E-state index is -0.104. The summed E-state index contributed by atoms with van der Waals surface area (Å²) in [5, 5.41) is 13.2. The first-order valence-electron chi connectivity index (χ1n) is 8.71. The number of hydrogen-bond acceptors (Lipinski definition) is 5. The van der Waals surface area contributed by atoms with Gasteiger partial charge in [0.25, 0.3) is 5.56 Å². The number of nitrogens with zero attached hydrogens (tertiary/aromatic N) is 2. The first kappa shape index (κ1) is 19.2. The third-order valence-electron chi connectivity index (χ3n) is 4.71. The molecule has 6 nitrogen and oxygen atoms in total. The van der Waals surface area contributed by atoms with Crippen molar-refractivity contribution < 1.29 is 9.90 Å². The maximum atomic E-state index is 13.1. The fourth-order valence-electron chi connectivity index (χ4n) is 3.56. The number of ketones is 1. The van der Waals surface area contributed by atoms with E-state index in [4.69, 9.17) is 5.11 Å². The maximum absolute atomic E-state index is 13.1. The van der Waals surface area contributed by atoms with Crippen LogP contribution < -0.4 is 10.9 Å². The Hall–Kier alpha value is -2.54. The first-order valence-corrected chi connectivity index (χ1v) is 8.71. The summed E-state index contributed by atoms with van der Waals surface area (Å²) in [5.41, 5.74) is 2.21. The summed E-state index contributed by atoms with van der Waals surface area (Å²) < 4.78 is 1.68. The number of aliphatic hydroxyl groups is 1. The quantitative estimate of drug-likeness (QED) is 0.496. The van der Waals surface area contributed by atoms with Gasteiger partial charge < -0.3 is 15.0 Å². The van der Waals surface area contributed by atoms with E-state index in [0.717, 1.165) is 0 Å². The van der Waals surface area contributed by atoms with Crippen LogP contribution in [-0.4, -0.2) is 40.1 Å². The third kappa shape index (κ3) is 3.16. The lowest BCUT2D eigenvalue weighted by Gasteiger charge is -2.14. The number of halogens is 1. The van der Waals surface area contributed by atoms with Gasteiger partial charge in [0.2, 0.25) is 0 Å². The minimum absolute atomic E-state index is 0. The summed E-state index contributed by atoms with van der Waals surface area (Å²) in [6, 6.07) is 10.8. The molecule has 1 aromatic carbocycles. The lowest BCUT2D eigenvalue weighted by Crippen LogP contribution is -2.26. The van der Waals surface area contributed by atoms with Crippen LogP contribution in [0.3, 0.4) is 0 Å². The Balaban J connectivity index is 0.00000210. The van der Waals surface area contributed by atoms with Gasteiger partial charge in [-0.05, 0) is 31.2 Å². The molecule has 27 heavy (non-hydrogen) atoms. The molecule has 7 heteroatoms. The zero-order valence-corrected chi connectivity index (χ0v) is 15.5. The van der Waals surface area contributed by atoms with E-state index < -0.39 is 0 Å². The SMILES string of the molecule is Cl.O=C1c2cccnc2-c2c1c1ccccc1c(=O)n2CCCNCCO. The van der Waals surface area contributed by atoms with Gasteiger partial charge in [-0.3, -0.25) is 14.6 Å². The predicted octanol–water partition coefficient (Wildman–Crippen LogP) is 2.00. The molecule has 140 valence electrons. The van der Waals surface area contributed by atoms with Crippen LogP contribution >= 0.6 is 12.4 Å². The third-order valence-corrected chi connectivity index (χ3v) is 4.71. The number of carbonyl (C=O) groups excluding carboxylic acids is 1. The number of aromatic nitrogens is 2. The molecule has 0 amide bonds. The molecule has 0 saturated heterocycles. The van der Waals surface area contributed by atoms with Crippen molar-refractivity contribution in [2.45, 2.75) is 13.0 Å². The standard InChI is InChI=1S/C20H19N3O3.ClH/c24-12-10-21-8-4-11-23-18-16(13-5-1-2-6-14(13)20(23)26)19(25)15-7-3-9-22-17(15)18;/h1-3,5-7,9,21,24H,4,8,10-12H2;1H. The normalized spacial score (nSPS) is 12.0. The van der Waals surface area contributed by atoms with Crippen molar-refractivity contribution in [2.24, 2.45) is 0 Å². The maximum Gasteiger partial charge on any atom is 0.258 e. The number of rotatable bonds is 6. The summed E-state index contributed by atoms with van der Waals surface area (Å²) in [7, 11) is 0. The molecule has 2 N–H and O–H groups in total. The Morgan fingerprint density at radius 2 is 1.81 bits per heavy atom. The molecule has 2 heterocycles. The van der Waals surface area contributed by atoms with E-state index in [0.29, 0.717) is 59.3 Å². The van der Waals surface area contributed by atoms with Crippen LogP contribution in [0.15, 0.2) is 47.4 Å². The van der Waals surface area contributed by atoms with E-state index in [1.54, 1.807) is 29.0 Å². The zero-order chi connectivity index (χ0) is 18.1. The van der Waals surface area contributed by atoms with Crippen LogP contribution in [0.5, 0.6) is 0 Å². The second kappa shape index (κ2) is 8.00. The molecule has 1 aliphatic carbocycles. The fraction of sp³-hybridized carbons (Fsp3) is 0.250. The van der Waals surface area contributed by atoms with Gasteiger partial charge in [0, 0.05) is 30.1 Å². The number of pyridine rings is 2. The van der Waals surface area contributed by atoms with Crippen LogP contribution in [0, 0.1) is 0 Å². The molecule has 0 radical (unpaired) electrons. The molecule has 2 aromatic heterocycles. The summed E-state index contributed by atoms with van der Waals surface area (Å²) in [4.78, 5) is 30.5. The van der Waals surface area contributed by atoms with Crippen molar-refractivity contribution >= 4 is 29.0 Å². The Bertz CT molecular complexity index is 1060. The second-order valence-corrected chi connectivity index (χ2v) is 6.28. The Morgan fingerprint density at radius 3 is 2.59 bits per heavy atom. The van der Waals surface area contributed by atoms with Gasteiger partial charge in [-0.15, -0.1) is 12.4 Å². The molecular formula is C20H20ClN3O3. The average molecular weight is 386 g/mol. The first-order chi connectivity index (χ1) is 12.7. The molecule has 1 aliphatic rings. The zero-order valence-electron chi connectivity index (χ0n) is 14.6. The van der Waals surface area contributed by atoms with Crippen LogP contribution in [0.2, 0.25) is 0 Å². The van der Waals surface area contributed by atoms with Crippen LogP contribution in [0.25, 0.3) is 22.2 Å². The van der Waals surface area contributed by atoms with Crippen molar-refractivity contribution in [2.75, 3.05) is 19.7 Å². The number of hydrogen-bond donors (Lipinski definition) is 2. The number of fused-ring (bicyclic) bond motifs is 5. The Labute approximate surface area is 162 Å². The van der Waals surface area contributed by atoms with Gasteiger partial charge in [0.15, 0.2) is 5.78 Å². The van der Waals surface area contributed by atoms with Gasteiger partial charge in [0.1, 0.15) is 0 Å². The number of carbonyl (C=O) groups is 1. The molecule has 0 saturated carbocycles. The van der Waals surface area contributed by atoms with Crippen LogP contribution in [0.4, 0.5) is 0 Å². The highest BCUT2D eigenvalue weighted by Gasteiger charge is 2.33. The van der Waals surface area contributed by atoms with Gasteiger partial charge in [-0.2, -0.15) is 0 Å². The summed E-state index contributed by atoms with van der Waals surface area (Å²) in [5.74, 6) is -0.0774. The average Bonchev–Trinajstić information content (AvgIpc) is 2.97. The van der Waals surface area contributed by atoms with Crippen molar-refractivity contribution in [3.8, 4) is 11.4 Å².